The van der Waals surface area contributed by atoms with Crippen molar-refractivity contribution in [1.82, 2.24) is 10.2 Å². The van der Waals surface area contributed by atoms with Gasteiger partial charge in [-0.25, -0.2) is 4.79 Å². The third kappa shape index (κ3) is 12.0. The van der Waals surface area contributed by atoms with Crippen molar-refractivity contribution in [2.45, 2.75) is 90.8 Å². The third-order valence-corrected chi connectivity index (χ3v) is 15.7. The largest absolute Gasteiger partial charge is 0.506 e. The first-order valence-electron chi connectivity index (χ1n) is 19.8. The Bertz CT molecular complexity index is 1990. The number of ether oxygens (including phenoxy) is 1. The van der Waals surface area contributed by atoms with E-state index in [1.165, 1.54) is 0 Å². The number of amides is 3. The van der Waals surface area contributed by atoms with Gasteiger partial charge in [-0.2, -0.15) is 0 Å². The zero-order chi connectivity index (χ0) is 41.2. The highest BCUT2D eigenvalue weighted by atomic mass is 28.4. The second kappa shape index (κ2) is 19.4. The molecule has 0 aromatic heterocycles. The van der Waals surface area contributed by atoms with Crippen molar-refractivity contribution in [2.75, 3.05) is 42.1 Å². The van der Waals surface area contributed by atoms with Gasteiger partial charge in [0.2, 0.25) is 12.3 Å². The Morgan fingerprint density at radius 1 is 0.895 bits per heavy atom. The summed E-state index contributed by atoms with van der Waals surface area (Å²) in [6, 6.07) is 26.9. The molecule has 5 N–H and O–H groups in total. The lowest BCUT2D eigenvalue weighted by molar-refractivity contribution is -0.116. The zero-order valence-corrected chi connectivity index (χ0v) is 35.4. The first-order chi connectivity index (χ1) is 27.1. The maximum Gasteiger partial charge on any atom is 0.411 e. The number of nitrogens with one attached hydrogen (secondary N) is 4. The molecule has 0 saturated carbocycles. The van der Waals surface area contributed by atoms with Crippen molar-refractivity contribution >= 4 is 43.8 Å². The van der Waals surface area contributed by atoms with Crippen LogP contribution in [-0.2, 0) is 25.3 Å². The summed E-state index contributed by atoms with van der Waals surface area (Å²) in [7, 11) is -2.18. The second-order valence-electron chi connectivity index (χ2n) is 16.4. The van der Waals surface area contributed by atoms with E-state index in [0.29, 0.717) is 56.7 Å². The van der Waals surface area contributed by atoms with Crippen molar-refractivity contribution < 1.29 is 28.7 Å². The summed E-state index contributed by atoms with van der Waals surface area (Å²) in [4.78, 5) is 39.3. The van der Waals surface area contributed by atoms with Crippen LogP contribution < -0.4 is 21.3 Å². The standard InChI is InChI=1S/C45H59N5O6Si/c1-31-26-39(32(2)25-35(31)28-46-29-42(56-57(6,7)45(3,4)5)34-17-18-41(52)40(27-34)47-30-51)48-43(53)21-24-50-22-19-36(20-23-50)55-44(54)49-38-16-12-11-15-37(38)33-13-9-8-10-14-33/h8-18,25-27,30,36,42,46,52H,19-24,28-29H2,1-7H3,(H,47,51)(H,48,53)(H,49,54)/t42-/m1/s1. The van der Waals surface area contributed by atoms with E-state index in [4.69, 9.17) is 9.16 Å². The molecular weight excluding hydrogens is 735 g/mol. The molecule has 0 unspecified atom stereocenters. The van der Waals surface area contributed by atoms with Crippen LogP contribution in [0, 0.1) is 13.8 Å². The van der Waals surface area contributed by atoms with Crippen LogP contribution >= 0.6 is 0 Å². The van der Waals surface area contributed by atoms with Crippen LogP contribution in [0.4, 0.5) is 21.9 Å². The minimum absolute atomic E-state index is 0.00133. The fourth-order valence-electron chi connectivity index (χ4n) is 6.71. The maximum absolute atomic E-state index is 13.1. The molecule has 1 aliphatic rings. The van der Waals surface area contributed by atoms with Gasteiger partial charge < -0.3 is 35.1 Å². The van der Waals surface area contributed by atoms with E-state index in [-0.39, 0.29) is 28.9 Å². The van der Waals surface area contributed by atoms with Gasteiger partial charge in [0, 0.05) is 50.4 Å². The van der Waals surface area contributed by atoms with E-state index >= 15 is 0 Å². The fourth-order valence-corrected chi connectivity index (χ4v) is 7.99. The first-order valence-corrected chi connectivity index (χ1v) is 22.7. The Morgan fingerprint density at radius 2 is 1.60 bits per heavy atom. The average molecular weight is 794 g/mol. The maximum atomic E-state index is 13.1. The molecule has 4 aromatic carbocycles. The molecule has 1 atom stereocenters. The number of benzene rings is 4. The van der Waals surface area contributed by atoms with E-state index in [1.54, 1.807) is 12.1 Å². The molecule has 1 heterocycles. The van der Waals surface area contributed by atoms with E-state index in [1.807, 2.05) is 80.6 Å². The molecule has 0 aliphatic carbocycles. The van der Waals surface area contributed by atoms with Crippen LogP contribution in [-0.4, -0.2) is 69.0 Å². The number of aromatic hydroxyl groups is 1. The molecule has 0 spiro atoms. The number of rotatable bonds is 16. The molecule has 12 heteroatoms. The molecule has 3 amide bonds. The Balaban J connectivity index is 1.08. The van der Waals surface area contributed by atoms with Crippen molar-refractivity contribution in [3.8, 4) is 16.9 Å². The molecule has 4 aromatic rings. The lowest BCUT2D eigenvalue weighted by atomic mass is 10.0. The van der Waals surface area contributed by atoms with Crippen molar-refractivity contribution in [1.29, 1.82) is 0 Å². The average Bonchev–Trinajstić information content (AvgIpc) is 3.17. The SMILES string of the molecule is Cc1cc(NC(=O)CCN2CCC(OC(=O)Nc3ccccc3-c3ccccc3)CC2)c(C)cc1CNC[C@@H](O[Si](C)(C)C(C)(C)C)c1ccc(O)c(NC=O)c1. The second-order valence-corrected chi connectivity index (χ2v) is 21.2. The van der Waals surface area contributed by atoms with E-state index in [0.717, 1.165) is 52.2 Å². The van der Waals surface area contributed by atoms with Gasteiger partial charge in [-0.15, -0.1) is 0 Å². The monoisotopic (exact) mass is 793 g/mol. The quantitative estimate of drug-likeness (QED) is 0.0430. The Kier molecular flexibility index (Phi) is 14.7. The Morgan fingerprint density at radius 3 is 2.30 bits per heavy atom. The number of hydrogen-bond donors (Lipinski definition) is 5. The van der Waals surface area contributed by atoms with Crippen LogP contribution in [0.15, 0.2) is 84.9 Å². The minimum Gasteiger partial charge on any atom is -0.506 e. The van der Waals surface area contributed by atoms with Crippen molar-refractivity contribution in [2.24, 2.45) is 0 Å². The Labute approximate surface area is 338 Å². The van der Waals surface area contributed by atoms with Gasteiger partial charge in [-0.3, -0.25) is 14.9 Å². The minimum atomic E-state index is -2.18. The summed E-state index contributed by atoms with van der Waals surface area (Å²) in [5.74, 6) is -0.0419. The van der Waals surface area contributed by atoms with Crippen LogP contribution in [0.5, 0.6) is 5.75 Å². The topological polar surface area (TPSA) is 141 Å². The predicted octanol–water partition coefficient (Wildman–Crippen LogP) is 9.14. The highest BCUT2D eigenvalue weighted by molar-refractivity contribution is 6.74. The van der Waals surface area contributed by atoms with Gasteiger partial charge in [0.15, 0.2) is 8.32 Å². The predicted molar refractivity (Wildman–Crippen MR) is 231 cm³/mol. The number of anilines is 3. The van der Waals surface area contributed by atoms with Crippen molar-refractivity contribution in [3.05, 3.63) is 107 Å². The molecule has 1 saturated heterocycles. The number of hydrogen-bond acceptors (Lipinski definition) is 8. The molecular formula is C45H59N5O6Si. The number of aryl methyl sites for hydroxylation is 2. The first kappa shape index (κ1) is 43.1. The zero-order valence-electron chi connectivity index (χ0n) is 34.4. The van der Waals surface area contributed by atoms with E-state index < -0.39 is 14.4 Å². The number of phenols is 1. The molecule has 57 heavy (non-hydrogen) atoms. The van der Waals surface area contributed by atoms with Crippen LogP contribution in [0.3, 0.4) is 0 Å². The van der Waals surface area contributed by atoms with Crippen LogP contribution in [0.2, 0.25) is 18.1 Å². The van der Waals surface area contributed by atoms with E-state index in [9.17, 15) is 19.5 Å². The summed E-state index contributed by atoms with van der Waals surface area (Å²) >= 11 is 0. The summed E-state index contributed by atoms with van der Waals surface area (Å²) in [6.07, 6.45) is 1.39. The lowest BCUT2D eigenvalue weighted by Gasteiger charge is -2.39. The number of carbonyl (C=O) groups excluding carboxylic acids is 3. The van der Waals surface area contributed by atoms with Crippen LogP contribution in [0.25, 0.3) is 11.1 Å². The highest BCUT2D eigenvalue weighted by Crippen LogP contribution is 2.40. The number of piperidine rings is 1. The number of nitrogens with zero attached hydrogens (tertiary/aromatic N) is 1. The van der Waals surface area contributed by atoms with E-state index in [2.05, 4.69) is 66.1 Å². The van der Waals surface area contributed by atoms with Gasteiger partial charge >= 0.3 is 6.09 Å². The highest BCUT2D eigenvalue weighted by Gasteiger charge is 2.39. The number of likely N-dealkylation sites (tertiary alicyclic amines) is 1. The van der Waals surface area contributed by atoms with Gasteiger partial charge in [0.1, 0.15) is 11.9 Å². The third-order valence-electron chi connectivity index (χ3n) is 11.2. The normalized spacial score (nSPS) is 14.4. The Hall–Kier alpha value is -5.01. The van der Waals surface area contributed by atoms with Gasteiger partial charge in [-0.1, -0.05) is 81.4 Å². The summed E-state index contributed by atoms with van der Waals surface area (Å²) in [6.45, 7) is 18.3. The number of carbonyl (C=O) groups is 3. The fraction of sp³-hybridized carbons (Fsp3) is 0.400. The molecule has 0 radical (unpaired) electrons. The van der Waals surface area contributed by atoms with Gasteiger partial charge in [0.25, 0.3) is 0 Å². The molecule has 304 valence electrons. The van der Waals surface area contributed by atoms with Crippen LogP contribution in [0.1, 0.15) is 68.4 Å². The van der Waals surface area contributed by atoms with Gasteiger partial charge in [-0.05, 0) is 96.9 Å². The van der Waals surface area contributed by atoms with Crippen molar-refractivity contribution in [3.63, 3.8) is 0 Å². The molecule has 0 bridgehead atoms. The summed E-state index contributed by atoms with van der Waals surface area (Å²) in [5, 5.41) is 22.4. The number of phenolic OH excluding ortho intramolecular Hbond substituents is 1. The summed E-state index contributed by atoms with van der Waals surface area (Å²) < 4.78 is 12.6. The smallest absolute Gasteiger partial charge is 0.411 e. The molecule has 1 fully saturated rings. The number of para-hydroxylation sites is 1. The molecule has 5 rings (SSSR count). The van der Waals surface area contributed by atoms with Gasteiger partial charge in [0.05, 0.1) is 17.5 Å². The summed E-state index contributed by atoms with van der Waals surface area (Å²) in [5.41, 5.74) is 7.82. The molecule has 1 aliphatic heterocycles. The lowest BCUT2D eigenvalue weighted by Crippen LogP contribution is -2.43. The molecule has 11 nitrogen and oxygen atoms in total.